The summed E-state index contributed by atoms with van der Waals surface area (Å²) in [6.45, 7) is 5.11. The Bertz CT molecular complexity index is 1330. The van der Waals surface area contributed by atoms with Gasteiger partial charge in [-0.15, -0.1) is 0 Å². The van der Waals surface area contributed by atoms with E-state index in [2.05, 4.69) is 10.0 Å². The monoisotopic (exact) mass is 483 g/mol. The van der Waals surface area contributed by atoms with Crippen LogP contribution in [-0.4, -0.2) is 60.1 Å². The minimum atomic E-state index is -3.54. The number of aromatic nitrogens is 2. The maximum Gasteiger partial charge on any atom is 0.253 e. The minimum absolute atomic E-state index is 0.0417. The number of amides is 2. The van der Waals surface area contributed by atoms with Crippen LogP contribution in [0, 0.1) is 5.92 Å². The first-order valence-corrected chi connectivity index (χ1v) is 13.0. The highest BCUT2D eigenvalue weighted by Crippen LogP contribution is 2.29. The van der Waals surface area contributed by atoms with Crippen molar-refractivity contribution >= 4 is 38.6 Å². The maximum absolute atomic E-state index is 13.3. The number of anilines is 1. The molecule has 0 radical (unpaired) electrons. The van der Waals surface area contributed by atoms with Gasteiger partial charge >= 0.3 is 0 Å². The van der Waals surface area contributed by atoms with E-state index in [0.29, 0.717) is 48.5 Å². The molecule has 4 rings (SSSR count). The largest absolute Gasteiger partial charge is 0.352 e. The van der Waals surface area contributed by atoms with Gasteiger partial charge in [-0.05, 0) is 26.0 Å². The Labute approximate surface area is 199 Å². The van der Waals surface area contributed by atoms with Gasteiger partial charge in [0.05, 0.1) is 28.0 Å². The summed E-state index contributed by atoms with van der Waals surface area (Å²) in [5.74, 6) is 0.375. The smallest absolute Gasteiger partial charge is 0.253 e. The summed E-state index contributed by atoms with van der Waals surface area (Å²) in [5.41, 5.74) is 2.60. The molecule has 2 aromatic carbocycles. The Morgan fingerprint density at radius 2 is 1.91 bits per heavy atom. The number of hydrogen-bond donors (Lipinski definition) is 2. The molecule has 9 nitrogen and oxygen atoms in total. The standard InChI is InChI=1S/C24H29N5O4S/c1-4-29-15-16(11-21(29)30)14-25-24(31)19-12-18(27-34(32,33)5-2)13-20-22(19)28(3)23(26-20)17-9-7-6-8-10-17/h6-10,12-13,16,27H,4-5,11,14-15H2,1-3H3,(H,25,31)/t16-/m0/s1. The third kappa shape index (κ3) is 4.77. The third-order valence-corrected chi connectivity index (χ3v) is 7.43. The number of rotatable bonds is 8. The van der Waals surface area contributed by atoms with Gasteiger partial charge in [0.2, 0.25) is 15.9 Å². The van der Waals surface area contributed by atoms with Crippen LogP contribution in [0.15, 0.2) is 42.5 Å². The predicted molar refractivity (Wildman–Crippen MR) is 132 cm³/mol. The summed E-state index contributed by atoms with van der Waals surface area (Å²) in [4.78, 5) is 31.8. The van der Waals surface area contributed by atoms with E-state index in [1.54, 1.807) is 24.0 Å². The molecule has 1 fully saturated rings. The van der Waals surface area contributed by atoms with Crippen LogP contribution < -0.4 is 10.0 Å². The fraction of sp³-hybridized carbons (Fsp3) is 0.375. The first kappa shape index (κ1) is 23.7. The van der Waals surface area contributed by atoms with Crippen LogP contribution in [0.25, 0.3) is 22.4 Å². The summed E-state index contributed by atoms with van der Waals surface area (Å²) < 4.78 is 28.8. The van der Waals surface area contributed by atoms with Crippen molar-refractivity contribution in [2.24, 2.45) is 13.0 Å². The average Bonchev–Trinajstić information content (AvgIpc) is 3.36. The van der Waals surface area contributed by atoms with Gasteiger partial charge in [-0.2, -0.15) is 0 Å². The SMILES string of the molecule is CCN1C[C@H](CNC(=O)c2cc(NS(=O)(=O)CC)cc3nc(-c4ccccc4)n(C)c23)CC1=O. The van der Waals surface area contributed by atoms with E-state index >= 15 is 0 Å². The number of hydrogen-bond acceptors (Lipinski definition) is 5. The van der Waals surface area contributed by atoms with Gasteiger partial charge in [0, 0.05) is 44.6 Å². The fourth-order valence-electron chi connectivity index (χ4n) is 4.31. The highest BCUT2D eigenvalue weighted by molar-refractivity contribution is 7.92. The van der Waals surface area contributed by atoms with Gasteiger partial charge in [-0.25, -0.2) is 13.4 Å². The average molecular weight is 484 g/mol. The molecule has 1 aliphatic heterocycles. The van der Waals surface area contributed by atoms with Crippen LogP contribution in [-0.2, 0) is 21.9 Å². The molecule has 0 spiro atoms. The number of fused-ring (bicyclic) bond motifs is 1. The highest BCUT2D eigenvalue weighted by atomic mass is 32.2. The molecule has 10 heteroatoms. The van der Waals surface area contributed by atoms with Gasteiger partial charge in [-0.3, -0.25) is 14.3 Å². The van der Waals surface area contributed by atoms with Crippen LogP contribution in [0.2, 0.25) is 0 Å². The summed E-state index contributed by atoms with van der Waals surface area (Å²) in [6, 6.07) is 12.8. The van der Waals surface area contributed by atoms with E-state index in [1.165, 1.54) is 0 Å². The molecule has 34 heavy (non-hydrogen) atoms. The molecule has 2 heterocycles. The number of carbonyl (C=O) groups excluding carboxylic acids is 2. The number of carbonyl (C=O) groups is 2. The lowest BCUT2D eigenvalue weighted by Gasteiger charge is -2.15. The fourth-order valence-corrected chi connectivity index (χ4v) is 4.93. The van der Waals surface area contributed by atoms with E-state index in [9.17, 15) is 18.0 Å². The zero-order valence-electron chi connectivity index (χ0n) is 19.5. The van der Waals surface area contributed by atoms with Crippen LogP contribution in [0.4, 0.5) is 5.69 Å². The highest BCUT2D eigenvalue weighted by Gasteiger charge is 2.29. The molecule has 2 N–H and O–H groups in total. The molecule has 180 valence electrons. The zero-order valence-corrected chi connectivity index (χ0v) is 20.4. The molecule has 1 atom stereocenters. The molecule has 3 aromatic rings. The van der Waals surface area contributed by atoms with E-state index < -0.39 is 10.0 Å². The number of benzene rings is 2. The molecule has 0 bridgehead atoms. The molecule has 1 saturated heterocycles. The van der Waals surface area contributed by atoms with E-state index in [4.69, 9.17) is 4.98 Å². The van der Waals surface area contributed by atoms with E-state index in [1.807, 2.05) is 48.9 Å². The molecule has 2 amide bonds. The van der Waals surface area contributed by atoms with Crippen LogP contribution in [0.5, 0.6) is 0 Å². The van der Waals surface area contributed by atoms with Gasteiger partial charge < -0.3 is 14.8 Å². The van der Waals surface area contributed by atoms with Crippen LogP contribution in [0.1, 0.15) is 30.6 Å². The molecular weight excluding hydrogens is 454 g/mol. The predicted octanol–water partition coefficient (Wildman–Crippen LogP) is 2.60. The van der Waals surface area contributed by atoms with Crippen molar-refractivity contribution in [2.75, 3.05) is 30.1 Å². The Balaban J connectivity index is 1.71. The molecule has 1 aromatic heterocycles. The lowest BCUT2D eigenvalue weighted by atomic mass is 10.1. The Hall–Kier alpha value is -3.40. The third-order valence-electron chi connectivity index (χ3n) is 6.13. The number of aryl methyl sites for hydroxylation is 1. The van der Waals surface area contributed by atoms with E-state index in [0.717, 1.165) is 5.56 Å². The van der Waals surface area contributed by atoms with Crippen molar-refractivity contribution in [3.63, 3.8) is 0 Å². The lowest BCUT2D eigenvalue weighted by Crippen LogP contribution is -2.31. The van der Waals surface area contributed by atoms with Crippen molar-refractivity contribution in [1.29, 1.82) is 0 Å². The zero-order chi connectivity index (χ0) is 24.5. The molecule has 0 aliphatic carbocycles. The van der Waals surface area contributed by atoms with Crippen molar-refractivity contribution in [2.45, 2.75) is 20.3 Å². The van der Waals surface area contributed by atoms with E-state index in [-0.39, 0.29) is 29.2 Å². The molecule has 0 saturated carbocycles. The Morgan fingerprint density at radius 1 is 1.18 bits per heavy atom. The molecule has 1 aliphatic rings. The summed E-state index contributed by atoms with van der Waals surface area (Å²) in [5, 5.41) is 2.94. The van der Waals surface area contributed by atoms with Crippen molar-refractivity contribution in [3.8, 4) is 11.4 Å². The van der Waals surface area contributed by atoms with Gasteiger partial charge in [0.15, 0.2) is 0 Å². The first-order chi connectivity index (χ1) is 16.2. The van der Waals surface area contributed by atoms with Gasteiger partial charge in [-0.1, -0.05) is 30.3 Å². The number of nitrogens with one attached hydrogen (secondary N) is 2. The Kier molecular flexibility index (Phi) is 6.60. The quantitative estimate of drug-likeness (QED) is 0.511. The number of likely N-dealkylation sites (tertiary alicyclic amines) is 1. The second-order valence-electron chi connectivity index (χ2n) is 8.47. The number of imidazole rings is 1. The summed E-state index contributed by atoms with van der Waals surface area (Å²) in [6.07, 6.45) is 0.406. The summed E-state index contributed by atoms with van der Waals surface area (Å²) in [7, 11) is -1.71. The first-order valence-electron chi connectivity index (χ1n) is 11.3. The van der Waals surface area contributed by atoms with Crippen LogP contribution >= 0.6 is 0 Å². The second kappa shape index (κ2) is 9.46. The summed E-state index contributed by atoms with van der Waals surface area (Å²) >= 11 is 0. The van der Waals surface area contributed by atoms with Gasteiger partial charge in [0.25, 0.3) is 5.91 Å². The molecule has 0 unspecified atom stereocenters. The number of nitrogens with zero attached hydrogens (tertiary/aromatic N) is 3. The second-order valence-corrected chi connectivity index (χ2v) is 10.5. The van der Waals surface area contributed by atoms with Crippen molar-refractivity contribution in [1.82, 2.24) is 19.8 Å². The minimum Gasteiger partial charge on any atom is -0.352 e. The van der Waals surface area contributed by atoms with Crippen molar-refractivity contribution < 1.29 is 18.0 Å². The van der Waals surface area contributed by atoms with Gasteiger partial charge in [0.1, 0.15) is 5.82 Å². The van der Waals surface area contributed by atoms with Crippen molar-refractivity contribution in [3.05, 3.63) is 48.0 Å². The topological polar surface area (TPSA) is 113 Å². The normalized spacial score (nSPS) is 16.3. The molecular formula is C24H29N5O4S. The van der Waals surface area contributed by atoms with Crippen LogP contribution in [0.3, 0.4) is 0 Å². The lowest BCUT2D eigenvalue weighted by molar-refractivity contribution is -0.127. The Morgan fingerprint density at radius 3 is 2.56 bits per heavy atom. The number of sulfonamides is 1. The maximum atomic E-state index is 13.3.